The van der Waals surface area contributed by atoms with E-state index in [0.29, 0.717) is 35.4 Å². The van der Waals surface area contributed by atoms with Crippen molar-refractivity contribution < 1.29 is 14.3 Å². The third kappa shape index (κ3) is 4.79. The van der Waals surface area contributed by atoms with Gasteiger partial charge in [-0.2, -0.15) is 0 Å². The number of halogens is 1. The van der Waals surface area contributed by atoms with Crippen molar-refractivity contribution in [1.82, 2.24) is 5.32 Å². The van der Waals surface area contributed by atoms with Crippen LogP contribution in [0.2, 0.25) is 5.02 Å². The molecular weight excluding hydrogens is 292 g/mol. The molecule has 1 fully saturated rings. The quantitative estimate of drug-likeness (QED) is 0.767. The Bertz CT molecular complexity index is 504. The van der Waals surface area contributed by atoms with Gasteiger partial charge in [-0.05, 0) is 37.8 Å². The molecule has 5 nitrogen and oxygen atoms in total. The lowest BCUT2D eigenvalue weighted by Crippen LogP contribution is -2.30. The first kappa shape index (κ1) is 15.9. The molecular formula is C15H21ClN2O3. The van der Waals surface area contributed by atoms with Crippen LogP contribution in [0.3, 0.4) is 0 Å². The third-order valence-corrected chi connectivity index (χ3v) is 3.58. The minimum atomic E-state index is -0.127. The summed E-state index contributed by atoms with van der Waals surface area (Å²) in [7, 11) is 1.54. The third-order valence-electron chi connectivity index (χ3n) is 3.36. The Balaban J connectivity index is 2.00. The maximum Gasteiger partial charge on any atom is 0.257 e. The second-order valence-corrected chi connectivity index (χ2v) is 5.61. The monoisotopic (exact) mass is 312 g/mol. The van der Waals surface area contributed by atoms with Crippen molar-refractivity contribution in [2.75, 3.05) is 26.8 Å². The van der Waals surface area contributed by atoms with Crippen molar-refractivity contribution in [3.8, 4) is 11.5 Å². The van der Waals surface area contributed by atoms with Crippen molar-refractivity contribution in [3.63, 3.8) is 0 Å². The highest BCUT2D eigenvalue weighted by Crippen LogP contribution is 2.35. The average molecular weight is 313 g/mol. The molecule has 1 aliphatic rings. The second kappa shape index (κ2) is 7.52. The highest BCUT2D eigenvalue weighted by molar-refractivity contribution is 6.30. The average Bonchev–Trinajstić information content (AvgIpc) is 3.28. The lowest BCUT2D eigenvalue weighted by atomic mass is 10.1. The molecule has 0 aliphatic heterocycles. The fourth-order valence-corrected chi connectivity index (χ4v) is 2.28. The molecule has 0 radical (unpaired) electrons. The molecule has 116 valence electrons. The van der Waals surface area contributed by atoms with Gasteiger partial charge in [0.25, 0.3) is 5.91 Å². The van der Waals surface area contributed by atoms with E-state index in [4.69, 9.17) is 26.8 Å². The highest BCUT2D eigenvalue weighted by Gasteiger charge is 2.22. The Morgan fingerprint density at radius 3 is 2.86 bits per heavy atom. The van der Waals surface area contributed by atoms with E-state index in [1.165, 1.54) is 20.0 Å². The van der Waals surface area contributed by atoms with Crippen molar-refractivity contribution in [1.29, 1.82) is 0 Å². The number of nitrogens with two attached hydrogens (primary N) is 1. The van der Waals surface area contributed by atoms with E-state index in [1.54, 1.807) is 12.1 Å². The minimum Gasteiger partial charge on any atom is -0.493 e. The minimum absolute atomic E-state index is 0.0394. The van der Waals surface area contributed by atoms with Crippen molar-refractivity contribution >= 4 is 17.5 Å². The maximum absolute atomic E-state index is 11.8. The molecule has 1 aromatic carbocycles. The van der Waals surface area contributed by atoms with Crippen LogP contribution >= 0.6 is 11.6 Å². The summed E-state index contributed by atoms with van der Waals surface area (Å²) in [6.07, 6.45) is 3.01. The summed E-state index contributed by atoms with van der Waals surface area (Å²) < 4.78 is 10.9. The van der Waals surface area contributed by atoms with E-state index in [9.17, 15) is 4.79 Å². The zero-order valence-electron chi connectivity index (χ0n) is 12.2. The van der Waals surface area contributed by atoms with Crippen molar-refractivity contribution in [2.45, 2.75) is 19.3 Å². The predicted molar refractivity (Wildman–Crippen MR) is 82.0 cm³/mol. The Morgan fingerprint density at radius 2 is 2.24 bits per heavy atom. The molecule has 3 N–H and O–H groups in total. The van der Waals surface area contributed by atoms with Crippen LogP contribution in [0.25, 0.3) is 0 Å². The fraction of sp³-hybridized carbons (Fsp3) is 0.533. The van der Waals surface area contributed by atoms with Gasteiger partial charge in [-0.15, -0.1) is 0 Å². The van der Waals surface area contributed by atoms with E-state index in [-0.39, 0.29) is 12.5 Å². The van der Waals surface area contributed by atoms with Crippen LogP contribution < -0.4 is 20.5 Å². The first-order valence-corrected chi connectivity index (χ1v) is 7.47. The number of hydrogen-bond acceptors (Lipinski definition) is 4. The lowest BCUT2D eigenvalue weighted by Gasteiger charge is -2.15. The van der Waals surface area contributed by atoms with Gasteiger partial charge in [0.05, 0.1) is 7.11 Å². The summed E-state index contributed by atoms with van der Waals surface area (Å²) >= 11 is 6.04. The Hall–Kier alpha value is -1.46. The Morgan fingerprint density at radius 1 is 1.48 bits per heavy atom. The largest absolute Gasteiger partial charge is 0.493 e. The van der Waals surface area contributed by atoms with Gasteiger partial charge in [-0.3, -0.25) is 4.79 Å². The van der Waals surface area contributed by atoms with Gasteiger partial charge in [0.2, 0.25) is 0 Å². The van der Waals surface area contributed by atoms with E-state index in [0.717, 1.165) is 12.1 Å². The number of nitrogens with one attached hydrogen (secondary N) is 1. The topological polar surface area (TPSA) is 73.6 Å². The second-order valence-electron chi connectivity index (χ2n) is 5.17. The molecule has 0 bridgehead atoms. The van der Waals surface area contributed by atoms with E-state index in [1.807, 2.05) is 0 Å². The van der Waals surface area contributed by atoms with Crippen LogP contribution in [0.5, 0.6) is 11.5 Å². The molecule has 0 heterocycles. The summed E-state index contributed by atoms with van der Waals surface area (Å²) in [5, 5.41) is 3.42. The molecule has 0 spiro atoms. The number of hydrogen-bond donors (Lipinski definition) is 2. The zero-order valence-corrected chi connectivity index (χ0v) is 12.9. The van der Waals surface area contributed by atoms with Crippen LogP contribution in [0, 0.1) is 5.92 Å². The van der Waals surface area contributed by atoms with Crippen LogP contribution in [0.1, 0.15) is 18.4 Å². The highest BCUT2D eigenvalue weighted by atomic mass is 35.5. The van der Waals surface area contributed by atoms with Crippen LogP contribution in [0.4, 0.5) is 0 Å². The normalized spacial score (nSPS) is 13.9. The van der Waals surface area contributed by atoms with Crippen LogP contribution in [-0.2, 0) is 11.2 Å². The number of rotatable bonds is 8. The first-order valence-electron chi connectivity index (χ1n) is 7.10. The predicted octanol–water partition coefficient (Wildman–Crippen LogP) is 1.75. The molecule has 1 aromatic rings. The van der Waals surface area contributed by atoms with Gasteiger partial charge >= 0.3 is 0 Å². The van der Waals surface area contributed by atoms with Crippen LogP contribution in [0.15, 0.2) is 12.1 Å². The summed E-state index contributed by atoms with van der Waals surface area (Å²) in [5.74, 6) is 1.57. The summed E-state index contributed by atoms with van der Waals surface area (Å²) in [6.45, 7) is 1.16. The van der Waals surface area contributed by atoms with E-state index in [2.05, 4.69) is 5.32 Å². The number of benzene rings is 1. The molecule has 6 heteroatoms. The molecule has 2 rings (SSSR count). The lowest BCUT2D eigenvalue weighted by molar-refractivity contribution is -0.123. The Labute approximate surface area is 129 Å². The van der Waals surface area contributed by atoms with Crippen LogP contribution in [-0.4, -0.2) is 32.7 Å². The van der Waals surface area contributed by atoms with Crippen molar-refractivity contribution in [3.05, 3.63) is 22.7 Å². The molecule has 1 saturated carbocycles. The molecule has 0 saturated heterocycles. The fourth-order valence-electron chi connectivity index (χ4n) is 2.05. The number of amides is 1. The van der Waals surface area contributed by atoms with Gasteiger partial charge in [-0.25, -0.2) is 0 Å². The van der Waals surface area contributed by atoms with Gasteiger partial charge in [-0.1, -0.05) is 11.6 Å². The molecule has 1 aliphatic carbocycles. The van der Waals surface area contributed by atoms with E-state index >= 15 is 0 Å². The molecule has 0 unspecified atom stereocenters. The first-order chi connectivity index (χ1) is 10.1. The molecule has 0 aromatic heterocycles. The number of carbonyl (C=O) groups is 1. The van der Waals surface area contributed by atoms with Crippen molar-refractivity contribution in [2.24, 2.45) is 11.7 Å². The standard InChI is InChI=1S/C15H21ClN2O3/c1-20-13-7-12(16)6-11(4-5-17)15(13)21-9-14(19)18-8-10-2-3-10/h6-7,10H,2-5,8-9,17H2,1H3,(H,18,19). The summed E-state index contributed by atoms with van der Waals surface area (Å²) in [4.78, 5) is 11.8. The number of methoxy groups -OCH3 is 1. The number of carbonyl (C=O) groups excluding carboxylic acids is 1. The Kier molecular flexibility index (Phi) is 5.70. The van der Waals surface area contributed by atoms with Gasteiger partial charge in [0.15, 0.2) is 18.1 Å². The number of ether oxygens (including phenoxy) is 2. The zero-order chi connectivity index (χ0) is 15.2. The summed E-state index contributed by atoms with van der Waals surface area (Å²) in [6, 6.07) is 3.45. The molecule has 0 atom stereocenters. The maximum atomic E-state index is 11.8. The van der Waals surface area contributed by atoms with Gasteiger partial charge in [0.1, 0.15) is 0 Å². The van der Waals surface area contributed by atoms with Gasteiger partial charge in [0, 0.05) is 23.2 Å². The SMILES string of the molecule is COc1cc(Cl)cc(CCN)c1OCC(=O)NCC1CC1. The summed E-state index contributed by atoms with van der Waals surface area (Å²) in [5.41, 5.74) is 6.44. The smallest absolute Gasteiger partial charge is 0.257 e. The van der Waals surface area contributed by atoms with E-state index < -0.39 is 0 Å². The molecule has 21 heavy (non-hydrogen) atoms. The molecule has 1 amide bonds. The van der Waals surface area contributed by atoms with Gasteiger partial charge < -0.3 is 20.5 Å².